The first kappa shape index (κ1) is 11.2. The van der Waals surface area contributed by atoms with Crippen LogP contribution in [0.2, 0.25) is 0 Å². The number of halogens is 3. The Labute approximate surface area is 83.9 Å². The van der Waals surface area contributed by atoms with Crippen LogP contribution >= 0.6 is 11.8 Å². The zero-order valence-corrected chi connectivity index (χ0v) is 8.25. The van der Waals surface area contributed by atoms with Crippen molar-refractivity contribution in [1.82, 2.24) is 0 Å². The average molecular weight is 222 g/mol. The van der Waals surface area contributed by atoms with Crippen LogP contribution in [-0.2, 0) is 6.42 Å². The molecule has 5 heteroatoms. The summed E-state index contributed by atoms with van der Waals surface area (Å²) in [4.78, 5) is 0.580. The molecular weight excluding hydrogens is 213 g/mol. The van der Waals surface area contributed by atoms with Crippen LogP contribution in [0.4, 0.5) is 13.2 Å². The van der Waals surface area contributed by atoms with Gasteiger partial charge >= 0.3 is 6.18 Å². The maximum absolute atomic E-state index is 12.0. The van der Waals surface area contributed by atoms with Gasteiger partial charge in [0, 0.05) is 4.90 Å². The lowest BCUT2D eigenvalue weighted by Crippen LogP contribution is -2.11. The first-order chi connectivity index (χ1) is 6.42. The number of phenols is 1. The summed E-state index contributed by atoms with van der Waals surface area (Å²) in [5, 5.41) is 9.30. The summed E-state index contributed by atoms with van der Waals surface area (Å²) < 4.78 is 35.9. The van der Waals surface area contributed by atoms with Crippen LogP contribution in [0.3, 0.4) is 0 Å². The number of alkyl halides is 3. The third-order valence-corrected chi connectivity index (χ3v) is 2.43. The lowest BCUT2D eigenvalue weighted by atomic mass is 10.1. The molecule has 0 radical (unpaired) electrons. The van der Waals surface area contributed by atoms with Crippen molar-refractivity contribution >= 4 is 11.8 Å². The Morgan fingerprint density at radius 3 is 2.43 bits per heavy atom. The van der Waals surface area contributed by atoms with E-state index in [4.69, 9.17) is 0 Å². The molecule has 0 atom stereocenters. The van der Waals surface area contributed by atoms with Gasteiger partial charge in [0.15, 0.2) is 0 Å². The van der Waals surface area contributed by atoms with Crippen molar-refractivity contribution in [3.05, 3.63) is 23.8 Å². The molecule has 0 unspecified atom stereocenters. The molecule has 0 aromatic heterocycles. The molecule has 0 spiro atoms. The second-order valence-electron chi connectivity index (χ2n) is 2.80. The van der Waals surface area contributed by atoms with Crippen LogP contribution in [0, 0.1) is 0 Å². The summed E-state index contributed by atoms with van der Waals surface area (Å²) in [6.45, 7) is 0. The lowest BCUT2D eigenvalue weighted by Gasteiger charge is -2.07. The van der Waals surface area contributed by atoms with Gasteiger partial charge in [-0.05, 0) is 24.0 Å². The van der Waals surface area contributed by atoms with Crippen LogP contribution in [0.1, 0.15) is 5.56 Å². The molecule has 0 saturated heterocycles. The van der Waals surface area contributed by atoms with Crippen molar-refractivity contribution in [3.8, 4) is 5.75 Å². The summed E-state index contributed by atoms with van der Waals surface area (Å²) >= 11 is 1.29. The van der Waals surface area contributed by atoms with Crippen LogP contribution in [0.15, 0.2) is 23.1 Å². The normalized spacial score (nSPS) is 11.7. The number of benzene rings is 1. The number of phenolic OH excluding ortho intramolecular Hbond substituents is 1. The van der Waals surface area contributed by atoms with Gasteiger partial charge in [-0.25, -0.2) is 0 Å². The Morgan fingerprint density at radius 2 is 2.00 bits per heavy atom. The van der Waals surface area contributed by atoms with E-state index in [-0.39, 0.29) is 11.3 Å². The van der Waals surface area contributed by atoms with Gasteiger partial charge in [0.2, 0.25) is 0 Å². The van der Waals surface area contributed by atoms with Gasteiger partial charge in [-0.3, -0.25) is 0 Å². The highest BCUT2D eigenvalue weighted by atomic mass is 32.2. The van der Waals surface area contributed by atoms with E-state index < -0.39 is 12.6 Å². The number of thioether (sulfide) groups is 1. The van der Waals surface area contributed by atoms with Gasteiger partial charge in [0.25, 0.3) is 0 Å². The minimum Gasteiger partial charge on any atom is -0.507 e. The Balaban J connectivity index is 2.87. The molecule has 0 fully saturated rings. The summed E-state index contributed by atoms with van der Waals surface area (Å²) in [5.41, 5.74) is 0.0767. The Kier molecular flexibility index (Phi) is 3.31. The largest absolute Gasteiger partial charge is 0.507 e. The van der Waals surface area contributed by atoms with Crippen LogP contribution in [0.5, 0.6) is 5.75 Å². The van der Waals surface area contributed by atoms with Gasteiger partial charge in [-0.2, -0.15) is 13.2 Å². The maximum atomic E-state index is 12.0. The predicted molar refractivity (Wildman–Crippen MR) is 49.6 cm³/mol. The topological polar surface area (TPSA) is 20.2 Å². The predicted octanol–water partition coefficient (Wildman–Crippen LogP) is 3.22. The van der Waals surface area contributed by atoms with Gasteiger partial charge < -0.3 is 5.11 Å². The van der Waals surface area contributed by atoms with Crippen LogP contribution in [0.25, 0.3) is 0 Å². The van der Waals surface area contributed by atoms with Gasteiger partial charge in [-0.1, -0.05) is 6.07 Å². The van der Waals surface area contributed by atoms with Gasteiger partial charge in [0.1, 0.15) is 5.75 Å². The molecule has 0 saturated carbocycles. The molecular formula is C9H9F3OS. The molecule has 1 N–H and O–H groups in total. The van der Waals surface area contributed by atoms with Crippen molar-refractivity contribution in [2.75, 3.05) is 6.26 Å². The summed E-state index contributed by atoms with van der Waals surface area (Å²) in [6, 6.07) is 4.01. The molecule has 0 aliphatic heterocycles. The highest BCUT2D eigenvalue weighted by molar-refractivity contribution is 7.98. The lowest BCUT2D eigenvalue weighted by molar-refractivity contribution is -0.127. The smallest absolute Gasteiger partial charge is 0.393 e. The SMILES string of the molecule is CSc1ccc(CC(F)(F)F)cc1O. The van der Waals surface area contributed by atoms with Crippen molar-refractivity contribution in [3.63, 3.8) is 0 Å². The summed E-state index contributed by atoms with van der Waals surface area (Å²) in [5.74, 6) is -0.0979. The molecule has 1 rings (SSSR count). The maximum Gasteiger partial charge on any atom is 0.393 e. The highest BCUT2D eigenvalue weighted by Gasteiger charge is 2.27. The molecule has 0 aliphatic rings. The standard InChI is InChI=1S/C9H9F3OS/c1-14-8-3-2-6(4-7(8)13)5-9(10,11)12/h2-4,13H,5H2,1H3. The van der Waals surface area contributed by atoms with Crippen molar-refractivity contribution in [2.45, 2.75) is 17.5 Å². The molecule has 0 aliphatic carbocycles. The van der Waals surface area contributed by atoms with E-state index >= 15 is 0 Å². The zero-order valence-electron chi connectivity index (χ0n) is 7.43. The number of aromatic hydroxyl groups is 1. The van der Waals surface area contributed by atoms with E-state index in [1.165, 1.54) is 23.9 Å². The van der Waals surface area contributed by atoms with E-state index in [1.54, 1.807) is 6.26 Å². The number of hydrogen-bond acceptors (Lipinski definition) is 2. The average Bonchev–Trinajstić information content (AvgIpc) is 2.01. The summed E-state index contributed by atoms with van der Waals surface area (Å²) in [7, 11) is 0. The molecule has 0 amide bonds. The van der Waals surface area contributed by atoms with E-state index in [2.05, 4.69) is 0 Å². The number of hydrogen-bond donors (Lipinski definition) is 1. The molecule has 1 aromatic rings. The molecule has 0 heterocycles. The van der Waals surface area contributed by atoms with Gasteiger partial charge in [-0.15, -0.1) is 11.8 Å². The molecule has 14 heavy (non-hydrogen) atoms. The third-order valence-electron chi connectivity index (χ3n) is 1.65. The first-order valence-electron chi connectivity index (χ1n) is 3.85. The van der Waals surface area contributed by atoms with E-state index in [9.17, 15) is 18.3 Å². The fraction of sp³-hybridized carbons (Fsp3) is 0.333. The van der Waals surface area contributed by atoms with Crippen molar-refractivity contribution in [2.24, 2.45) is 0 Å². The quantitative estimate of drug-likeness (QED) is 0.775. The minimum absolute atomic E-state index is 0.0767. The molecule has 1 nitrogen and oxygen atoms in total. The Bertz CT molecular complexity index is 322. The van der Waals surface area contributed by atoms with E-state index in [0.717, 1.165) is 6.07 Å². The second kappa shape index (κ2) is 4.13. The van der Waals surface area contributed by atoms with Crippen molar-refractivity contribution in [1.29, 1.82) is 0 Å². The van der Waals surface area contributed by atoms with Crippen LogP contribution in [-0.4, -0.2) is 17.5 Å². The highest BCUT2D eigenvalue weighted by Crippen LogP contribution is 2.29. The Morgan fingerprint density at radius 1 is 1.36 bits per heavy atom. The van der Waals surface area contributed by atoms with Crippen molar-refractivity contribution < 1.29 is 18.3 Å². The Hall–Kier alpha value is -0.840. The van der Waals surface area contributed by atoms with Gasteiger partial charge in [0.05, 0.1) is 6.42 Å². The minimum atomic E-state index is -4.23. The monoisotopic (exact) mass is 222 g/mol. The molecule has 78 valence electrons. The fourth-order valence-corrected chi connectivity index (χ4v) is 1.55. The summed E-state index contributed by atoms with van der Waals surface area (Å²) in [6.07, 6.45) is -3.49. The third kappa shape index (κ3) is 3.14. The molecule has 1 aromatic carbocycles. The molecule has 0 bridgehead atoms. The van der Waals surface area contributed by atoms with Crippen LogP contribution < -0.4 is 0 Å². The van der Waals surface area contributed by atoms with E-state index in [0.29, 0.717) is 4.90 Å². The first-order valence-corrected chi connectivity index (χ1v) is 5.07. The fourth-order valence-electron chi connectivity index (χ4n) is 1.08. The van der Waals surface area contributed by atoms with E-state index in [1.807, 2.05) is 0 Å². The second-order valence-corrected chi connectivity index (χ2v) is 3.65. The number of rotatable bonds is 2. The zero-order chi connectivity index (χ0) is 10.8.